The molecule has 2 rings (SSSR count). The number of hydrogen-bond donors (Lipinski definition) is 0. The lowest BCUT2D eigenvalue weighted by Gasteiger charge is -2.00. The molecule has 0 amide bonds. The molecule has 0 radical (unpaired) electrons. The number of aromatic nitrogens is 4. The molecule has 0 aliphatic rings. The smallest absolute Gasteiger partial charge is 0.155 e. The van der Waals surface area contributed by atoms with Crippen LogP contribution in [0.2, 0.25) is 0 Å². The molecule has 0 unspecified atom stereocenters. The quantitative estimate of drug-likeness (QED) is 0.679. The molecule has 0 spiro atoms. The van der Waals surface area contributed by atoms with Crippen LogP contribution in [0.5, 0.6) is 0 Å². The highest BCUT2D eigenvalue weighted by Crippen LogP contribution is 2.05. The fourth-order valence-electron chi connectivity index (χ4n) is 0.995. The standard InChI is InChI=1S/C8H7ClN4/c9-4-7-2-1-3-8(12-7)13-6-10-5-11-13/h1-3,5-6H,4H2. The maximum Gasteiger partial charge on any atom is 0.155 e. The fourth-order valence-corrected chi connectivity index (χ4v) is 1.14. The van der Waals surface area contributed by atoms with Gasteiger partial charge in [-0.25, -0.2) is 14.6 Å². The molecular formula is C8H7ClN4. The zero-order valence-corrected chi connectivity index (χ0v) is 7.52. The van der Waals surface area contributed by atoms with Gasteiger partial charge in [-0.05, 0) is 12.1 Å². The molecule has 0 bridgehead atoms. The van der Waals surface area contributed by atoms with Crippen LogP contribution in [-0.2, 0) is 5.88 Å². The van der Waals surface area contributed by atoms with Crippen LogP contribution in [0.3, 0.4) is 0 Å². The Morgan fingerprint density at radius 2 is 2.31 bits per heavy atom. The van der Waals surface area contributed by atoms with Crippen LogP contribution in [0.4, 0.5) is 0 Å². The van der Waals surface area contributed by atoms with E-state index in [1.807, 2.05) is 18.2 Å². The summed E-state index contributed by atoms with van der Waals surface area (Å²) in [4.78, 5) is 8.10. The Morgan fingerprint density at radius 3 is 3.00 bits per heavy atom. The van der Waals surface area contributed by atoms with Gasteiger partial charge in [0.25, 0.3) is 0 Å². The molecule has 4 nitrogen and oxygen atoms in total. The van der Waals surface area contributed by atoms with Crippen molar-refractivity contribution in [1.82, 2.24) is 19.7 Å². The first-order chi connectivity index (χ1) is 6.40. The van der Waals surface area contributed by atoms with Gasteiger partial charge in [-0.1, -0.05) is 6.07 Å². The van der Waals surface area contributed by atoms with Crippen molar-refractivity contribution in [2.75, 3.05) is 0 Å². The minimum absolute atomic E-state index is 0.405. The van der Waals surface area contributed by atoms with E-state index in [9.17, 15) is 0 Å². The van der Waals surface area contributed by atoms with Crippen LogP contribution in [0.15, 0.2) is 30.9 Å². The van der Waals surface area contributed by atoms with Gasteiger partial charge in [0.2, 0.25) is 0 Å². The van der Waals surface area contributed by atoms with Crippen LogP contribution in [0.25, 0.3) is 5.82 Å². The number of halogens is 1. The lowest BCUT2D eigenvalue weighted by atomic mass is 10.4. The Morgan fingerprint density at radius 1 is 1.38 bits per heavy atom. The van der Waals surface area contributed by atoms with Crippen molar-refractivity contribution >= 4 is 11.6 Å². The second-order valence-electron chi connectivity index (χ2n) is 2.46. The summed E-state index contributed by atoms with van der Waals surface area (Å²) < 4.78 is 1.59. The maximum atomic E-state index is 5.65. The molecule has 0 aromatic carbocycles. The molecule has 0 saturated carbocycles. The average Bonchev–Trinajstić information content (AvgIpc) is 2.71. The van der Waals surface area contributed by atoms with Gasteiger partial charge in [0.1, 0.15) is 12.7 Å². The third-order valence-electron chi connectivity index (χ3n) is 1.58. The first-order valence-electron chi connectivity index (χ1n) is 3.77. The molecule has 5 heteroatoms. The first kappa shape index (κ1) is 8.19. The predicted molar refractivity (Wildman–Crippen MR) is 48.7 cm³/mol. The van der Waals surface area contributed by atoms with Crippen LogP contribution in [0.1, 0.15) is 5.69 Å². The largest absolute Gasteiger partial charge is 0.232 e. The van der Waals surface area contributed by atoms with Gasteiger partial charge in [0.05, 0.1) is 11.6 Å². The highest BCUT2D eigenvalue weighted by atomic mass is 35.5. The summed E-state index contributed by atoms with van der Waals surface area (Å²) in [5.41, 5.74) is 0.828. The van der Waals surface area contributed by atoms with Crippen molar-refractivity contribution in [2.45, 2.75) is 5.88 Å². The molecule has 0 atom stereocenters. The van der Waals surface area contributed by atoms with E-state index >= 15 is 0 Å². The first-order valence-corrected chi connectivity index (χ1v) is 4.30. The Bertz CT molecular complexity index is 385. The Kier molecular flexibility index (Phi) is 2.23. The van der Waals surface area contributed by atoms with E-state index in [0.29, 0.717) is 5.88 Å². The van der Waals surface area contributed by atoms with Gasteiger partial charge in [0, 0.05) is 0 Å². The monoisotopic (exact) mass is 194 g/mol. The number of nitrogens with zero attached hydrogens (tertiary/aromatic N) is 4. The molecule has 2 aromatic heterocycles. The number of alkyl halides is 1. The number of hydrogen-bond acceptors (Lipinski definition) is 3. The molecule has 2 heterocycles. The zero-order chi connectivity index (χ0) is 9.10. The van der Waals surface area contributed by atoms with E-state index < -0.39 is 0 Å². The molecule has 0 saturated heterocycles. The highest BCUT2D eigenvalue weighted by Gasteiger charge is 1.98. The highest BCUT2D eigenvalue weighted by molar-refractivity contribution is 6.16. The van der Waals surface area contributed by atoms with Gasteiger partial charge in [-0.2, -0.15) is 5.10 Å². The van der Waals surface area contributed by atoms with Crippen molar-refractivity contribution in [2.24, 2.45) is 0 Å². The van der Waals surface area contributed by atoms with E-state index in [-0.39, 0.29) is 0 Å². The van der Waals surface area contributed by atoms with Crippen LogP contribution in [0, 0.1) is 0 Å². The van der Waals surface area contributed by atoms with Gasteiger partial charge < -0.3 is 0 Å². The number of pyridine rings is 1. The second-order valence-corrected chi connectivity index (χ2v) is 2.73. The summed E-state index contributed by atoms with van der Waals surface area (Å²) in [6.45, 7) is 0. The van der Waals surface area contributed by atoms with Crippen molar-refractivity contribution < 1.29 is 0 Å². The van der Waals surface area contributed by atoms with E-state index in [1.54, 1.807) is 11.0 Å². The van der Waals surface area contributed by atoms with Gasteiger partial charge in [0.15, 0.2) is 5.82 Å². The van der Waals surface area contributed by atoms with Gasteiger partial charge in [-0.3, -0.25) is 0 Å². The van der Waals surface area contributed by atoms with Crippen molar-refractivity contribution in [3.05, 3.63) is 36.5 Å². The third kappa shape index (κ3) is 1.67. The Hall–Kier alpha value is -1.42. The minimum Gasteiger partial charge on any atom is -0.232 e. The topological polar surface area (TPSA) is 43.6 Å². The molecule has 0 aliphatic heterocycles. The summed E-state index contributed by atoms with van der Waals surface area (Å²) in [5.74, 6) is 1.14. The number of rotatable bonds is 2. The van der Waals surface area contributed by atoms with Crippen molar-refractivity contribution in [3.63, 3.8) is 0 Å². The summed E-state index contributed by atoms with van der Waals surface area (Å²) in [5, 5.41) is 3.96. The van der Waals surface area contributed by atoms with Crippen molar-refractivity contribution in [1.29, 1.82) is 0 Å². The Labute approximate surface area is 80.2 Å². The minimum atomic E-state index is 0.405. The predicted octanol–water partition coefficient (Wildman–Crippen LogP) is 1.40. The summed E-state index contributed by atoms with van der Waals surface area (Å²) in [7, 11) is 0. The van der Waals surface area contributed by atoms with Crippen LogP contribution in [-0.4, -0.2) is 19.7 Å². The van der Waals surface area contributed by atoms with Gasteiger partial charge >= 0.3 is 0 Å². The summed E-state index contributed by atoms with van der Waals surface area (Å²) >= 11 is 5.65. The molecule has 2 aromatic rings. The zero-order valence-electron chi connectivity index (χ0n) is 6.76. The molecular weight excluding hydrogens is 188 g/mol. The molecule has 0 aliphatic carbocycles. The maximum absolute atomic E-state index is 5.65. The SMILES string of the molecule is ClCc1cccc(-n2cncn2)n1. The molecule has 66 valence electrons. The third-order valence-corrected chi connectivity index (χ3v) is 1.86. The van der Waals surface area contributed by atoms with Crippen LogP contribution < -0.4 is 0 Å². The summed E-state index contributed by atoms with van der Waals surface area (Å²) in [6.07, 6.45) is 3.06. The molecule has 0 fully saturated rings. The lowest BCUT2D eigenvalue weighted by molar-refractivity contribution is 0.838. The fraction of sp³-hybridized carbons (Fsp3) is 0.125. The average molecular weight is 195 g/mol. The molecule has 0 N–H and O–H groups in total. The van der Waals surface area contributed by atoms with E-state index in [2.05, 4.69) is 15.1 Å². The summed E-state index contributed by atoms with van der Waals surface area (Å²) in [6, 6.07) is 5.61. The van der Waals surface area contributed by atoms with Crippen molar-refractivity contribution in [3.8, 4) is 5.82 Å². The van der Waals surface area contributed by atoms with E-state index in [1.165, 1.54) is 6.33 Å². The van der Waals surface area contributed by atoms with Crippen LogP contribution >= 0.6 is 11.6 Å². The Balaban J connectivity index is 2.41. The second kappa shape index (κ2) is 3.53. The van der Waals surface area contributed by atoms with E-state index in [4.69, 9.17) is 11.6 Å². The lowest BCUT2D eigenvalue weighted by Crippen LogP contribution is -1.99. The molecule has 13 heavy (non-hydrogen) atoms. The normalized spacial score (nSPS) is 10.2. The van der Waals surface area contributed by atoms with E-state index in [0.717, 1.165) is 11.5 Å². The van der Waals surface area contributed by atoms with Gasteiger partial charge in [-0.15, -0.1) is 11.6 Å².